The van der Waals surface area contributed by atoms with Crippen LogP contribution in [0.3, 0.4) is 0 Å². The van der Waals surface area contributed by atoms with E-state index in [-0.39, 0.29) is 23.3 Å². The number of alkyl halides is 3. The summed E-state index contributed by atoms with van der Waals surface area (Å²) in [6, 6.07) is 8.41. The summed E-state index contributed by atoms with van der Waals surface area (Å²) in [6.45, 7) is -1.08. The van der Waals surface area contributed by atoms with Crippen LogP contribution in [0.4, 0.5) is 13.2 Å². The topological polar surface area (TPSA) is 78.9 Å². The standard InChI is InChI=1S/C21H20ClF3N4O3S/c1-33(31,32)8-2-7-27-16(10-14-9-15(22)3-4-17(14)27)12-28-19-11-26-6-5-18(19)29(20(28)30)13-21(23,24)25/h3-6,9-11H,2,7-8,12-13H2,1H3. The maximum Gasteiger partial charge on any atom is 0.406 e. The first-order chi connectivity index (χ1) is 15.4. The van der Waals surface area contributed by atoms with Gasteiger partial charge in [-0.1, -0.05) is 11.6 Å². The number of hydrogen-bond acceptors (Lipinski definition) is 4. The van der Waals surface area contributed by atoms with Crippen molar-refractivity contribution in [1.29, 1.82) is 0 Å². The third-order valence-corrected chi connectivity index (χ3v) is 6.59. The molecule has 1 aromatic carbocycles. The van der Waals surface area contributed by atoms with E-state index in [0.717, 1.165) is 17.2 Å². The van der Waals surface area contributed by atoms with Crippen LogP contribution in [0, 0.1) is 0 Å². The summed E-state index contributed by atoms with van der Waals surface area (Å²) < 4.78 is 66.3. The molecule has 12 heteroatoms. The van der Waals surface area contributed by atoms with Crippen LogP contribution in [0.2, 0.25) is 5.02 Å². The molecule has 3 aromatic heterocycles. The van der Waals surface area contributed by atoms with E-state index >= 15 is 0 Å². The molecule has 0 aliphatic heterocycles. The first-order valence-electron chi connectivity index (χ1n) is 9.98. The Labute approximate surface area is 191 Å². The van der Waals surface area contributed by atoms with Crippen LogP contribution >= 0.6 is 11.6 Å². The van der Waals surface area contributed by atoms with Crippen molar-refractivity contribution >= 4 is 43.4 Å². The number of rotatable bonds is 7. The quantitative estimate of drug-likeness (QED) is 0.386. The highest BCUT2D eigenvalue weighted by molar-refractivity contribution is 7.90. The molecule has 7 nitrogen and oxygen atoms in total. The van der Waals surface area contributed by atoms with E-state index in [0.29, 0.717) is 28.2 Å². The fourth-order valence-electron chi connectivity index (χ4n) is 3.99. The van der Waals surface area contributed by atoms with Crippen molar-refractivity contribution in [3.8, 4) is 0 Å². The summed E-state index contributed by atoms with van der Waals surface area (Å²) in [7, 11) is -3.17. The Bertz CT molecular complexity index is 1500. The molecule has 0 saturated carbocycles. The molecule has 33 heavy (non-hydrogen) atoms. The predicted molar refractivity (Wildman–Crippen MR) is 120 cm³/mol. The number of aryl methyl sites for hydroxylation is 1. The molecule has 0 spiro atoms. The number of imidazole rings is 1. The molecule has 0 aliphatic rings. The summed E-state index contributed by atoms with van der Waals surface area (Å²) >= 11 is 6.11. The number of hydrogen-bond donors (Lipinski definition) is 0. The maximum atomic E-state index is 13.1. The smallest absolute Gasteiger partial charge is 0.343 e. The summed E-state index contributed by atoms with van der Waals surface area (Å²) in [5, 5.41) is 1.28. The molecule has 0 aliphatic carbocycles. The number of benzene rings is 1. The summed E-state index contributed by atoms with van der Waals surface area (Å²) in [4.78, 5) is 17.0. The lowest BCUT2D eigenvalue weighted by molar-refractivity contribution is -0.140. The van der Waals surface area contributed by atoms with Gasteiger partial charge in [0.05, 0.1) is 29.5 Å². The Hall–Kier alpha value is -2.79. The molecule has 0 saturated heterocycles. The molecule has 0 atom stereocenters. The van der Waals surface area contributed by atoms with Gasteiger partial charge in [0, 0.05) is 40.6 Å². The van der Waals surface area contributed by atoms with E-state index in [4.69, 9.17) is 11.6 Å². The van der Waals surface area contributed by atoms with Crippen molar-refractivity contribution in [1.82, 2.24) is 18.7 Å². The summed E-state index contributed by atoms with van der Waals surface area (Å²) in [6.07, 6.45) is -0.377. The van der Waals surface area contributed by atoms with E-state index in [1.807, 2.05) is 4.57 Å². The van der Waals surface area contributed by atoms with Crippen molar-refractivity contribution in [2.75, 3.05) is 12.0 Å². The molecule has 0 N–H and O–H groups in total. The fraction of sp³-hybridized carbons (Fsp3) is 0.333. The average Bonchev–Trinajstić information content (AvgIpc) is 3.16. The van der Waals surface area contributed by atoms with Gasteiger partial charge in [-0.05, 0) is 36.8 Å². The molecule has 4 rings (SSSR count). The molecule has 3 heterocycles. The van der Waals surface area contributed by atoms with Crippen LogP contribution in [-0.4, -0.2) is 45.3 Å². The van der Waals surface area contributed by atoms with Gasteiger partial charge in [-0.15, -0.1) is 0 Å². The van der Waals surface area contributed by atoms with Gasteiger partial charge in [-0.3, -0.25) is 14.1 Å². The number of pyridine rings is 1. The van der Waals surface area contributed by atoms with Crippen molar-refractivity contribution < 1.29 is 21.6 Å². The highest BCUT2D eigenvalue weighted by Crippen LogP contribution is 2.26. The van der Waals surface area contributed by atoms with Crippen LogP contribution in [0.1, 0.15) is 12.1 Å². The van der Waals surface area contributed by atoms with Gasteiger partial charge in [-0.25, -0.2) is 13.2 Å². The highest BCUT2D eigenvalue weighted by Gasteiger charge is 2.31. The van der Waals surface area contributed by atoms with Crippen molar-refractivity contribution in [2.45, 2.75) is 32.2 Å². The zero-order chi connectivity index (χ0) is 24.0. The minimum Gasteiger partial charge on any atom is -0.343 e. The second-order valence-corrected chi connectivity index (χ2v) is 10.6. The Balaban J connectivity index is 1.81. The van der Waals surface area contributed by atoms with E-state index in [1.165, 1.54) is 23.0 Å². The fourth-order valence-corrected chi connectivity index (χ4v) is 4.83. The Morgan fingerprint density at radius 1 is 1.03 bits per heavy atom. The Kier molecular flexibility index (Phi) is 6.04. The molecular weight excluding hydrogens is 481 g/mol. The van der Waals surface area contributed by atoms with Gasteiger partial charge < -0.3 is 4.57 Å². The zero-order valence-electron chi connectivity index (χ0n) is 17.5. The minimum absolute atomic E-state index is 0.0168. The van der Waals surface area contributed by atoms with Crippen molar-refractivity contribution in [3.63, 3.8) is 0 Å². The first kappa shape index (κ1) is 23.4. The second kappa shape index (κ2) is 8.53. The summed E-state index contributed by atoms with van der Waals surface area (Å²) in [5.41, 5.74) is 1.03. The monoisotopic (exact) mass is 500 g/mol. The van der Waals surface area contributed by atoms with E-state index in [9.17, 15) is 26.4 Å². The lowest BCUT2D eigenvalue weighted by Crippen LogP contribution is -2.30. The molecule has 0 fully saturated rings. The summed E-state index contributed by atoms with van der Waals surface area (Å²) in [5.74, 6) is -0.0194. The van der Waals surface area contributed by atoms with Crippen LogP contribution < -0.4 is 5.69 Å². The van der Waals surface area contributed by atoms with Crippen LogP contribution in [0.15, 0.2) is 47.5 Å². The number of sulfone groups is 1. The Morgan fingerprint density at radius 3 is 2.48 bits per heavy atom. The van der Waals surface area contributed by atoms with Crippen LogP contribution in [0.5, 0.6) is 0 Å². The largest absolute Gasteiger partial charge is 0.406 e. The SMILES string of the molecule is CS(=O)(=O)CCCn1c(Cn2c(=O)n(CC(F)(F)F)c3ccncc32)cc2cc(Cl)ccc21. The first-order valence-corrected chi connectivity index (χ1v) is 12.4. The molecule has 176 valence electrons. The molecule has 0 radical (unpaired) electrons. The van der Waals surface area contributed by atoms with Crippen LogP contribution in [0.25, 0.3) is 21.9 Å². The number of aromatic nitrogens is 4. The van der Waals surface area contributed by atoms with Gasteiger partial charge in [0.25, 0.3) is 0 Å². The molecule has 0 bridgehead atoms. The molecular formula is C21H20ClF3N4O3S. The van der Waals surface area contributed by atoms with E-state index in [1.54, 1.807) is 24.3 Å². The lowest BCUT2D eigenvalue weighted by Gasteiger charge is -2.11. The Morgan fingerprint density at radius 2 is 1.79 bits per heavy atom. The van der Waals surface area contributed by atoms with E-state index < -0.39 is 28.2 Å². The molecule has 4 aromatic rings. The maximum absolute atomic E-state index is 13.1. The zero-order valence-corrected chi connectivity index (χ0v) is 19.1. The van der Waals surface area contributed by atoms with Crippen molar-refractivity contribution in [2.24, 2.45) is 0 Å². The lowest BCUT2D eigenvalue weighted by atomic mass is 10.2. The third-order valence-electron chi connectivity index (χ3n) is 5.32. The third kappa shape index (κ3) is 5.09. The van der Waals surface area contributed by atoms with Gasteiger partial charge in [-0.2, -0.15) is 13.2 Å². The van der Waals surface area contributed by atoms with Crippen LogP contribution in [-0.2, 0) is 29.5 Å². The number of nitrogens with zero attached hydrogens (tertiary/aromatic N) is 4. The van der Waals surface area contributed by atoms with Gasteiger partial charge in [0.2, 0.25) is 0 Å². The van der Waals surface area contributed by atoms with Gasteiger partial charge in [0.1, 0.15) is 16.4 Å². The number of halogens is 4. The second-order valence-electron chi connectivity index (χ2n) is 7.91. The minimum atomic E-state index is -4.57. The highest BCUT2D eigenvalue weighted by atomic mass is 35.5. The molecule has 0 unspecified atom stereocenters. The predicted octanol–water partition coefficient (Wildman–Crippen LogP) is 3.85. The molecule has 0 amide bonds. The van der Waals surface area contributed by atoms with E-state index in [2.05, 4.69) is 4.98 Å². The normalized spacial score (nSPS) is 12.8. The van der Waals surface area contributed by atoms with Gasteiger partial charge >= 0.3 is 11.9 Å². The number of fused-ring (bicyclic) bond motifs is 2. The van der Waals surface area contributed by atoms with Crippen molar-refractivity contribution in [3.05, 3.63) is 63.9 Å². The van der Waals surface area contributed by atoms with Gasteiger partial charge in [0.15, 0.2) is 0 Å². The average molecular weight is 501 g/mol.